The molecule has 0 N–H and O–H groups in total. The number of anilines is 1. The molecular weight excluding hydrogens is 602 g/mol. The number of carbonyl (C=O) groups is 1. The van der Waals surface area contributed by atoms with Crippen LogP contribution in [0, 0.1) is 11.3 Å². The third-order valence-electron chi connectivity index (χ3n) is 6.19. The van der Waals surface area contributed by atoms with Crippen molar-refractivity contribution in [2.24, 2.45) is 0 Å². The molecule has 1 amide bonds. The van der Waals surface area contributed by atoms with Crippen molar-refractivity contribution in [3.63, 3.8) is 0 Å². The topological polar surface area (TPSA) is 75.0 Å². The van der Waals surface area contributed by atoms with Gasteiger partial charge in [-0.1, -0.05) is 24.3 Å². The Balaban J connectivity index is 1.24. The van der Waals surface area contributed by atoms with Crippen LogP contribution in [0.5, 0.6) is 17.2 Å². The number of nitrogens with zero attached hydrogens (tertiary/aromatic N) is 3. The lowest BCUT2D eigenvalue weighted by molar-refractivity contribution is -0.126. The van der Waals surface area contributed by atoms with E-state index in [-0.39, 0.29) is 18.3 Å². The van der Waals surface area contributed by atoms with E-state index in [1.54, 1.807) is 11.0 Å². The van der Waals surface area contributed by atoms with Crippen LogP contribution < -0.4 is 19.1 Å². The summed E-state index contributed by atoms with van der Waals surface area (Å²) in [6, 6.07) is 21.6. The Bertz CT molecular complexity index is 1360. The van der Waals surface area contributed by atoms with E-state index in [2.05, 4.69) is 55.0 Å². The molecule has 3 aromatic carbocycles. The summed E-state index contributed by atoms with van der Waals surface area (Å²) in [4.78, 5) is 17.1. The summed E-state index contributed by atoms with van der Waals surface area (Å²) in [6.45, 7) is 3.13. The Kier molecular flexibility index (Phi) is 7.68. The van der Waals surface area contributed by atoms with Crippen LogP contribution in [0.15, 0.2) is 75.2 Å². The van der Waals surface area contributed by atoms with E-state index in [0.29, 0.717) is 45.7 Å². The number of benzene rings is 3. The molecule has 0 aliphatic carbocycles. The molecule has 9 heteroatoms. The molecule has 0 bridgehead atoms. The average molecular weight is 625 g/mol. The zero-order chi connectivity index (χ0) is 25.8. The molecule has 7 nitrogen and oxygen atoms in total. The molecule has 0 atom stereocenters. The maximum atomic E-state index is 13.1. The molecule has 0 radical (unpaired) electrons. The highest BCUT2D eigenvalue weighted by Crippen LogP contribution is 2.37. The Morgan fingerprint density at radius 1 is 0.973 bits per heavy atom. The quantitative estimate of drug-likeness (QED) is 0.256. The summed E-state index contributed by atoms with van der Waals surface area (Å²) in [6.07, 6.45) is 1.61. The lowest BCUT2D eigenvalue weighted by Crippen LogP contribution is -2.49. The minimum Gasteiger partial charge on any atom is -0.487 e. The smallest absolute Gasteiger partial charge is 0.264 e. The number of carbonyl (C=O) groups excluding carboxylic acids is 1. The fourth-order valence-electron chi connectivity index (χ4n) is 4.27. The maximum Gasteiger partial charge on any atom is 0.264 e. The van der Waals surface area contributed by atoms with Gasteiger partial charge in [-0.25, -0.2) is 0 Å². The van der Waals surface area contributed by atoms with Gasteiger partial charge in [-0.15, -0.1) is 0 Å². The minimum atomic E-state index is -0.259. The molecule has 3 aromatic rings. The van der Waals surface area contributed by atoms with E-state index in [1.807, 2.05) is 48.5 Å². The highest BCUT2D eigenvalue weighted by Gasteiger charge is 2.24. The summed E-state index contributed by atoms with van der Waals surface area (Å²) in [5.41, 5.74) is 2.89. The molecule has 188 valence electrons. The number of hydrogen-bond donors (Lipinski definition) is 0. The monoisotopic (exact) mass is 623 g/mol. The van der Waals surface area contributed by atoms with Crippen molar-refractivity contribution in [3.05, 3.63) is 86.3 Å². The standard InChI is InChI=1S/C28H23Br2N3O4/c29-23-13-20(14-24(30)27(23)35-17-19-6-7-25-26(15-19)37-18-36-25)12-21(16-31)28(34)33-10-8-32(9-11-33)22-4-2-1-3-5-22/h1-7,12-15H,8-11,17-18H2/b21-12-. The third kappa shape index (κ3) is 5.76. The van der Waals surface area contributed by atoms with Crippen LogP contribution >= 0.6 is 31.9 Å². The summed E-state index contributed by atoms with van der Waals surface area (Å²) < 4.78 is 18.2. The molecule has 1 fully saturated rings. The molecule has 0 aromatic heterocycles. The Morgan fingerprint density at radius 2 is 1.68 bits per heavy atom. The first-order valence-corrected chi connectivity index (χ1v) is 13.3. The predicted octanol–water partition coefficient (Wildman–Crippen LogP) is 5.78. The molecule has 2 heterocycles. The Morgan fingerprint density at radius 3 is 2.38 bits per heavy atom. The van der Waals surface area contributed by atoms with Crippen LogP contribution in [0.3, 0.4) is 0 Å². The van der Waals surface area contributed by atoms with Gasteiger partial charge in [0.05, 0.1) is 8.95 Å². The number of nitriles is 1. The van der Waals surface area contributed by atoms with Crippen molar-refractivity contribution in [1.82, 2.24) is 4.90 Å². The van der Waals surface area contributed by atoms with Crippen molar-refractivity contribution in [1.29, 1.82) is 5.26 Å². The van der Waals surface area contributed by atoms with Gasteiger partial charge >= 0.3 is 0 Å². The van der Waals surface area contributed by atoms with Gasteiger partial charge in [-0.2, -0.15) is 5.26 Å². The number of rotatable bonds is 6. The van der Waals surface area contributed by atoms with Gasteiger partial charge in [-0.05, 0) is 85.5 Å². The molecule has 5 rings (SSSR count). The molecule has 0 spiro atoms. The average Bonchev–Trinajstić information content (AvgIpc) is 3.39. The second kappa shape index (κ2) is 11.3. The third-order valence-corrected chi connectivity index (χ3v) is 7.37. The zero-order valence-corrected chi connectivity index (χ0v) is 23.0. The first-order valence-electron chi connectivity index (χ1n) is 11.7. The highest BCUT2D eigenvalue weighted by atomic mass is 79.9. The Labute approximate surface area is 232 Å². The van der Waals surface area contributed by atoms with Crippen LogP contribution in [0.4, 0.5) is 5.69 Å². The SMILES string of the molecule is N#C/C(=C/c1cc(Br)c(OCc2ccc3c(c2)OCO3)c(Br)c1)C(=O)N1CCN(c2ccccc2)CC1. The van der Waals surface area contributed by atoms with E-state index in [4.69, 9.17) is 14.2 Å². The molecular formula is C28H23Br2N3O4. The van der Waals surface area contributed by atoms with Crippen LogP contribution in [-0.4, -0.2) is 43.8 Å². The molecule has 0 unspecified atom stereocenters. The number of ether oxygens (including phenoxy) is 3. The van der Waals surface area contributed by atoms with Crippen LogP contribution in [0.25, 0.3) is 6.08 Å². The summed E-state index contributed by atoms with van der Waals surface area (Å²) in [5, 5.41) is 9.75. The predicted molar refractivity (Wildman–Crippen MR) is 148 cm³/mol. The second-order valence-electron chi connectivity index (χ2n) is 8.57. The Hall–Kier alpha value is -3.48. The van der Waals surface area contributed by atoms with E-state index in [9.17, 15) is 10.1 Å². The van der Waals surface area contributed by atoms with Crippen molar-refractivity contribution < 1.29 is 19.0 Å². The maximum absolute atomic E-state index is 13.1. The van der Waals surface area contributed by atoms with Crippen LogP contribution in [-0.2, 0) is 11.4 Å². The van der Waals surface area contributed by atoms with Gasteiger partial charge in [0.15, 0.2) is 11.5 Å². The van der Waals surface area contributed by atoms with Gasteiger partial charge in [0.25, 0.3) is 5.91 Å². The van der Waals surface area contributed by atoms with Gasteiger partial charge < -0.3 is 24.0 Å². The highest BCUT2D eigenvalue weighted by molar-refractivity contribution is 9.11. The van der Waals surface area contributed by atoms with E-state index in [1.165, 1.54) is 0 Å². The molecule has 2 aliphatic heterocycles. The number of halogens is 2. The summed E-state index contributed by atoms with van der Waals surface area (Å²) in [5.74, 6) is 1.79. The van der Waals surface area contributed by atoms with Crippen LogP contribution in [0.2, 0.25) is 0 Å². The fraction of sp³-hybridized carbons (Fsp3) is 0.214. The minimum absolute atomic E-state index is 0.0981. The number of hydrogen-bond acceptors (Lipinski definition) is 6. The van der Waals surface area contributed by atoms with Crippen molar-refractivity contribution in [2.45, 2.75) is 6.61 Å². The van der Waals surface area contributed by atoms with E-state index in [0.717, 1.165) is 30.1 Å². The first kappa shape index (κ1) is 25.2. The van der Waals surface area contributed by atoms with Gasteiger partial charge in [-0.3, -0.25) is 4.79 Å². The number of fused-ring (bicyclic) bond motifs is 1. The first-order chi connectivity index (χ1) is 18.0. The molecule has 1 saturated heterocycles. The lowest BCUT2D eigenvalue weighted by atomic mass is 10.1. The summed E-state index contributed by atoms with van der Waals surface area (Å²) in [7, 11) is 0. The zero-order valence-electron chi connectivity index (χ0n) is 19.8. The second-order valence-corrected chi connectivity index (χ2v) is 10.3. The van der Waals surface area contributed by atoms with E-state index >= 15 is 0 Å². The summed E-state index contributed by atoms with van der Waals surface area (Å²) >= 11 is 7.13. The van der Waals surface area contributed by atoms with Crippen molar-refractivity contribution in [3.8, 4) is 23.3 Å². The van der Waals surface area contributed by atoms with Gasteiger partial charge in [0.2, 0.25) is 6.79 Å². The van der Waals surface area contributed by atoms with Gasteiger partial charge in [0, 0.05) is 31.9 Å². The normalized spacial score (nSPS) is 14.9. The number of piperazine rings is 1. The largest absolute Gasteiger partial charge is 0.487 e. The molecule has 2 aliphatic rings. The molecule has 0 saturated carbocycles. The van der Waals surface area contributed by atoms with Crippen LogP contribution in [0.1, 0.15) is 11.1 Å². The molecule has 37 heavy (non-hydrogen) atoms. The van der Waals surface area contributed by atoms with E-state index < -0.39 is 0 Å². The lowest BCUT2D eigenvalue weighted by Gasteiger charge is -2.36. The number of amides is 1. The van der Waals surface area contributed by atoms with Gasteiger partial charge in [0.1, 0.15) is 24.0 Å². The fourth-order valence-corrected chi connectivity index (χ4v) is 5.72. The van der Waals surface area contributed by atoms with Crippen molar-refractivity contribution >= 4 is 49.5 Å². The number of para-hydroxylation sites is 1. The van der Waals surface area contributed by atoms with Crippen molar-refractivity contribution in [2.75, 3.05) is 37.9 Å².